The number of allylic oxidation sites excluding steroid dienone is 9. The van der Waals surface area contributed by atoms with Crippen molar-refractivity contribution in [3.63, 3.8) is 0 Å². The van der Waals surface area contributed by atoms with E-state index in [0.29, 0.717) is 39.3 Å². The lowest BCUT2D eigenvalue weighted by molar-refractivity contribution is -0.212. The van der Waals surface area contributed by atoms with Gasteiger partial charge in [0.2, 0.25) is 0 Å². The topological polar surface area (TPSA) is 191 Å². The van der Waals surface area contributed by atoms with E-state index >= 15 is 0 Å². The molecule has 1 fully saturated rings. The van der Waals surface area contributed by atoms with E-state index in [4.69, 9.17) is 42.6 Å². The Bertz CT molecular complexity index is 3500. The molecule has 1 atom stereocenters. The highest BCUT2D eigenvalue weighted by Crippen LogP contribution is 2.54. The summed E-state index contributed by atoms with van der Waals surface area (Å²) in [5.41, 5.74) is 11.8. The number of aliphatic hydroxyl groups is 1. The highest BCUT2D eigenvalue weighted by atomic mass is 16.7. The number of hydrogen-bond acceptors (Lipinski definition) is 14. The van der Waals surface area contributed by atoms with Gasteiger partial charge in [0.25, 0.3) is 5.79 Å². The summed E-state index contributed by atoms with van der Waals surface area (Å²) < 4.78 is 52.1. The number of carbonyl (C=O) groups is 1. The molecule has 6 aliphatic heterocycles. The second-order valence-electron chi connectivity index (χ2n) is 49.8. The quantitative estimate of drug-likeness (QED) is 0.180. The van der Waals surface area contributed by atoms with Gasteiger partial charge in [-0.2, -0.15) is 15.4 Å². The van der Waals surface area contributed by atoms with Gasteiger partial charge in [0, 0.05) is 109 Å². The van der Waals surface area contributed by atoms with E-state index < -0.39 is 5.79 Å². The van der Waals surface area contributed by atoms with Crippen molar-refractivity contribution in [2.75, 3.05) is 53.4 Å². The largest absolute Gasteiger partial charge is 0.497 e. The monoisotopic (exact) mass is 1630 g/mol. The number of aromatic nitrogens is 5. The fraction of sp³-hybridized carbons (Fsp3) is 0.820. The molecule has 1 aliphatic carbocycles. The molecule has 1 unspecified atom stereocenters. The number of Topliss-reactive ketones (excluding diaryl/α,β-unsaturated/α-hetero) is 1. The number of nitrogens with zero attached hydrogens (tertiary/aromatic N) is 3. The molecular weight excluding hydrogens is 1450 g/mol. The average Bonchev–Trinajstić information content (AvgIpc) is 1.44. The Kier molecular flexibility index (Phi) is 35.2. The zero-order valence-electron chi connectivity index (χ0n) is 84.8. The number of hydrogen-bond donors (Lipinski definition) is 3. The molecule has 2 aromatic heterocycles. The molecule has 0 aromatic carbocycles. The van der Waals surface area contributed by atoms with E-state index in [0.717, 1.165) is 95.6 Å². The van der Waals surface area contributed by atoms with E-state index in [2.05, 4.69) is 358 Å². The standard InChI is InChI=1S/C14H26O3.C14H24O2.C13H22O2.C13H24O.C12H22N2.C12H22O2.C12H22O.C10H19N3/c1-12(2,3)10-11(13(4,5)6)17-9-8-14(10,15)16-7;1-12(2,3)10-11(13(4,5)6)16-14(15-10)8-7-9-14;1-12(2,3)10-9(14)7-8-15-11(10)13(4,5)6;1-12(2,3)10-8-7-9-14-11(10)13(4,5)6;1-8-13-9(11(2,3)4)10(14-8)12(5,6)7;1-11(2,3)9-10(12(4,5)6)14-8-7-13-9;1-11(2,3)9-7-13-8-10(9)12(4,5)6;1-9(2,3)7-8(10(4,5)6)12-13-11-7/h15H,8-9H2,1-7H3;7-9H2,1-6H3;7-8H2,1-6H3;7-9H2,1-6H3;1-7H3,(H,13,14);7-8H2,1-6H3;7-8H2,1-6H3;1-6H3,(H,11,12,13). The number of imidazole rings is 1. The number of H-pyrrole nitrogens is 2. The van der Waals surface area contributed by atoms with Crippen LogP contribution in [0.3, 0.4) is 0 Å². The molecule has 3 N–H and O–H groups in total. The van der Waals surface area contributed by atoms with Crippen molar-refractivity contribution in [3.05, 3.63) is 96.8 Å². The van der Waals surface area contributed by atoms with Crippen molar-refractivity contribution in [1.29, 1.82) is 0 Å². The third-order valence-electron chi connectivity index (χ3n) is 20.6. The van der Waals surface area contributed by atoms with Gasteiger partial charge >= 0.3 is 0 Å². The van der Waals surface area contributed by atoms with Gasteiger partial charge in [0.15, 0.2) is 11.6 Å². The van der Waals surface area contributed by atoms with Crippen LogP contribution in [0.25, 0.3) is 0 Å². The minimum atomic E-state index is -1.20. The summed E-state index contributed by atoms with van der Waals surface area (Å²) in [5.74, 6) is 6.87. The Morgan fingerprint density at radius 1 is 0.345 bits per heavy atom. The van der Waals surface area contributed by atoms with Gasteiger partial charge in [-0.1, -0.05) is 332 Å². The predicted molar refractivity (Wildman–Crippen MR) is 485 cm³/mol. The van der Waals surface area contributed by atoms with E-state index in [1.165, 1.54) is 53.1 Å². The number of ether oxygens (including phenoxy) is 9. The van der Waals surface area contributed by atoms with Gasteiger partial charge in [0.1, 0.15) is 59.4 Å². The Labute approximate surface area is 712 Å². The van der Waals surface area contributed by atoms with Gasteiger partial charge in [-0.25, -0.2) is 4.98 Å². The van der Waals surface area contributed by atoms with Crippen LogP contribution in [0, 0.1) is 71.9 Å². The maximum absolute atomic E-state index is 12.0. The van der Waals surface area contributed by atoms with Gasteiger partial charge in [-0.05, 0) is 70.0 Å². The first-order valence-electron chi connectivity index (χ1n) is 43.7. The summed E-state index contributed by atoms with van der Waals surface area (Å²) >= 11 is 0. The lowest BCUT2D eigenvalue weighted by atomic mass is 9.74. The maximum Gasteiger partial charge on any atom is 0.250 e. The van der Waals surface area contributed by atoms with Crippen molar-refractivity contribution in [3.8, 4) is 0 Å². The summed E-state index contributed by atoms with van der Waals surface area (Å²) in [6.07, 6.45) is 6.66. The second kappa shape index (κ2) is 38.1. The normalized spacial score (nSPS) is 19.8. The molecule has 1 saturated carbocycles. The number of ketones is 1. The second-order valence-corrected chi connectivity index (χ2v) is 49.8. The number of aromatic amines is 2. The van der Waals surface area contributed by atoms with Gasteiger partial charge in [-0.15, -0.1) is 0 Å². The average molecular weight is 1630 g/mol. The van der Waals surface area contributed by atoms with Crippen LogP contribution in [0.2, 0.25) is 0 Å². The van der Waals surface area contributed by atoms with Crippen LogP contribution in [-0.4, -0.2) is 101 Å². The molecule has 116 heavy (non-hydrogen) atoms. The zero-order valence-corrected chi connectivity index (χ0v) is 84.8. The molecule has 16 nitrogen and oxygen atoms in total. The van der Waals surface area contributed by atoms with Gasteiger partial charge in [0.05, 0.1) is 50.1 Å². The molecule has 0 amide bonds. The summed E-state index contributed by atoms with van der Waals surface area (Å²) in [7, 11) is 1.55. The van der Waals surface area contributed by atoms with Crippen molar-refractivity contribution < 1.29 is 52.5 Å². The van der Waals surface area contributed by atoms with E-state index in [-0.39, 0.29) is 98.2 Å². The highest BCUT2D eigenvalue weighted by molar-refractivity contribution is 5.97. The SMILES string of the molecule is CC(C)(C)C1=C(C(C)(C)C)C(=O)CCO1.CC(C)(C)C1=C(C(C)(C)C)COC1.CC(C)(C)C1=C(C(C)(C)C)OC2(CCC2)O1.CC(C)(C)C1=C(C(C)(C)C)OCCC1.CC(C)(C)C1=C(C(C)(C)C)OCCO1.CC(C)(C)c1n[nH]nc1C(C)(C)C.COC1(O)CCOC(C(C)(C)C)=C1C(C)(C)C.Cc1nc(C(C)(C)C)c(C(C)(C)C)[nH]1. The molecule has 7 aliphatic rings. The van der Waals surface area contributed by atoms with Crippen molar-refractivity contribution >= 4 is 5.78 Å². The lowest BCUT2D eigenvalue weighted by Crippen LogP contribution is -2.45. The summed E-state index contributed by atoms with van der Waals surface area (Å²) in [6, 6.07) is 0. The van der Waals surface area contributed by atoms with Crippen molar-refractivity contribution in [2.24, 2.45) is 65.0 Å². The minimum absolute atomic E-state index is 0.0295. The van der Waals surface area contributed by atoms with Crippen LogP contribution < -0.4 is 0 Å². The third kappa shape index (κ3) is 31.4. The van der Waals surface area contributed by atoms with Crippen molar-refractivity contribution in [1.82, 2.24) is 25.4 Å². The number of nitrogens with one attached hydrogen (secondary N) is 2. The zero-order chi connectivity index (χ0) is 91.2. The first-order chi connectivity index (χ1) is 51.3. The van der Waals surface area contributed by atoms with Gasteiger partial charge in [-0.3, -0.25) is 4.79 Å². The highest BCUT2D eigenvalue weighted by Gasteiger charge is 2.53. The third-order valence-corrected chi connectivity index (χ3v) is 20.6. The van der Waals surface area contributed by atoms with E-state index in [9.17, 15) is 9.90 Å². The van der Waals surface area contributed by atoms with Crippen LogP contribution in [0.15, 0.2) is 68.2 Å². The number of aryl methyl sites for hydroxylation is 1. The van der Waals surface area contributed by atoms with E-state index in [1.807, 2.05) is 6.92 Å². The molecule has 8 heterocycles. The molecule has 1 spiro atoms. The van der Waals surface area contributed by atoms with Crippen LogP contribution in [0.4, 0.5) is 0 Å². The molecule has 672 valence electrons. The molecular formula is C100H181N5O11. The Morgan fingerprint density at radius 3 is 0.974 bits per heavy atom. The fourth-order valence-electron chi connectivity index (χ4n) is 14.6. The smallest absolute Gasteiger partial charge is 0.250 e. The Balaban J connectivity index is 0.000000450. The molecule has 9 rings (SSSR count). The number of methoxy groups -OCH3 is 1. The van der Waals surface area contributed by atoms with E-state index in [1.54, 1.807) is 7.11 Å². The van der Waals surface area contributed by atoms with Crippen molar-refractivity contribution in [2.45, 2.75) is 417 Å². The summed E-state index contributed by atoms with van der Waals surface area (Å²) in [6.45, 7) is 111. The maximum atomic E-state index is 12.0. The van der Waals surface area contributed by atoms with Crippen LogP contribution in [0.1, 0.15) is 406 Å². The molecule has 2 aromatic rings. The van der Waals surface area contributed by atoms with Gasteiger partial charge < -0.3 is 52.7 Å². The number of rotatable bonds is 1. The molecule has 0 bridgehead atoms. The molecule has 0 saturated heterocycles. The molecule has 0 radical (unpaired) electrons. The number of carbonyl (C=O) groups excluding carboxylic acids is 1. The van der Waals surface area contributed by atoms with Crippen LogP contribution in [0.5, 0.6) is 0 Å². The first kappa shape index (κ1) is 107. The summed E-state index contributed by atoms with van der Waals surface area (Å²) in [5, 5.41) is 21.8. The minimum Gasteiger partial charge on any atom is -0.497 e. The van der Waals surface area contributed by atoms with Crippen LogP contribution in [-0.2, 0) is 69.1 Å². The Morgan fingerprint density at radius 2 is 0.698 bits per heavy atom. The Hall–Kier alpha value is -5.06. The lowest BCUT2D eigenvalue weighted by Gasteiger charge is -2.44. The summed E-state index contributed by atoms with van der Waals surface area (Å²) in [4.78, 5) is 19.9. The fourth-order valence-corrected chi connectivity index (χ4v) is 14.6. The molecule has 16 heteroatoms. The first-order valence-corrected chi connectivity index (χ1v) is 43.7. The predicted octanol–water partition coefficient (Wildman–Crippen LogP) is 27.2. The van der Waals surface area contributed by atoms with Crippen LogP contribution >= 0.6 is 0 Å².